The number of likely N-dealkylation sites (tertiary alicyclic amines) is 2. The largest absolute Gasteiger partial charge is 0.368 e. The van der Waals surface area contributed by atoms with E-state index in [1.54, 1.807) is 30.3 Å². The Labute approximate surface area is 200 Å². The first kappa shape index (κ1) is 22.9. The van der Waals surface area contributed by atoms with Gasteiger partial charge in [0.2, 0.25) is 5.91 Å². The minimum absolute atomic E-state index is 0.0214. The number of aromatic nitrogens is 2. The summed E-state index contributed by atoms with van der Waals surface area (Å²) in [5, 5.41) is 0.736. The molecular weight excluding hydrogens is 456 g/mol. The fourth-order valence-electron chi connectivity index (χ4n) is 4.80. The number of piperidine rings is 1. The molecule has 0 saturated carbocycles. The van der Waals surface area contributed by atoms with E-state index in [1.165, 1.54) is 16.0 Å². The van der Waals surface area contributed by atoms with Gasteiger partial charge in [0.05, 0.1) is 5.56 Å². The van der Waals surface area contributed by atoms with Crippen LogP contribution in [0.15, 0.2) is 48.8 Å². The molecule has 2 saturated heterocycles. The lowest BCUT2D eigenvalue weighted by Crippen LogP contribution is -2.43. The monoisotopic (exact) mass is 481 g/mol. The summed E-state index contributed by atoms with van der Waals surface area (Å²) >= 11 is 0. The van der Waals surface area contributed by atoms with Crippen molar-refractivity contribution in [3.8, 4) is 5.69 Å². The molecule has 0 radical (unpaired) electrons. The number of primary amides is 1. The maximum absolute atomic E-state index is 13.4. The van der Waals surface area contributed by atoms with E-state index in [9.17, 15) is 23.2 Å². The Kier molecular flexibility index (Phi) is 5.74. The molecule has 1 aromatic carbocycles. The van der Waals surface area contributed by atoms with Gasteiger partial charge < -0.3 is 20.1 Å². The third kappa shape index (κ3) is 4.36. The topological polar surface area (TPSA) is 102 Å². The van der Waals surface area contributed by atoms with Crippen molar-refractivity contribution in [3.05, 3.63) is 59.9 Å². The van der Waals surface area contributed by atoms with Gasteiger partial charge in [-0.15, -0.1) is 0 Å². The molecule has 0 bridgehead atoms. The first-order valence-electron chi connectivity index (χ1n) is 11.6. The average molecular weight is 482 g/mol. The highest BCUT2D eigenvalue weighted by Gasteiger charge is 2.36. The van der Waals surface area contributed by atoms with Gasteiger partial charge in [0.1, 0.15) is 11.7 Å². The van der Waals surface area contributed by atoms with Crippen molar-refractivity contribution in [1.29, 1.82) is 0 Å². The lowest BCUT2D eigenvalue weighted by Gasteiger charge is -2.31. The SMILES string of the molecule is NC(=O)[C@@H]1CCCN1C(=O)c1ccc(-n2ccc3cc(C(=O)N4CCC(F)(F)CC4)cnc32)cc1. The van der Waals surface area contributed by atoms with Crippen LogP contribution in [0, 0.1) is 0 Å². The van der Waals surface area contributed by atoms with Gasteiger partial charge in [-0.05, 0) is 49.2 Å². The van der Waals surface area contributed by atoms with Crippen LogP contribution in [0.4, 0.5) is 8.78 Å². The van der Waals surface area contributed by atoms with Gasteiger partial charge in [0.15, 0.2) is 0 Å². The second kappa shape index (κ2) is 8.75. The Morgan fingerprint density at radius 3 is 2.37 bits per heavy atom. The number of nitrogens with zero attached hydrogens (tertiary/aromatic N) is 4. The van der Waals surface area contributed by atoms with Crippen molar-refractivity contribution in [2.45, 2.75) is 37.6 Å². The molecule has 182 valence electrons. The normalized spacial score (nSPS) is 19.8. The van der Waals surface area contributed by atoms with Crippen molar-refractivity contribution >= 4 is 28.8 Å². The van der Waals surface area contributed by atoms with Gasteiger partial charge in [-0.25, -0.2) is 13.8 Å². The number of alkyl halides is 2. The predicted octanol–water partition coefficient (Wildman–Crippen LogP) is 2.99. The second-order valence-corrected chi connectivity index (χ2v) is 9.08. The van der Waals surface area contributed by atoms with Crippen molar-refractivity contribution in [1.82, 2.24) is 19.4 Å². The molecule has 2 aliphatic rings. The van der Waals surface area contributed by atoms with Crippen LogP contribution in [0.1, 0.15) is 46.4 Å². The summed E-state index contributed by atoms with van der Waals surface area (Å²) in [4.78, 5) is 44.7. The smallest absolute Gasteiger partial charge is 0.255 e. The molecule has 8 nitrogen and oxygen atoms in total. The highest BCUT2D eigenvalue weighted by atomic mass is 19.3. The van der Waals surface area contributed by atoms with Gasteiger partial charge in [-0.3, -0.25) is 14.4 Å². The third-order valence-electron chi connectivity index (χ3n) is 6.79. The summed E-state index contributed by atoms with van der Waals surface area (Å²) in [7, 11) is 0. The molecule has 35 heavy (non-hydrogen) atoms. The minimum Gasteiger partial charge on any atom is -0.368 e. The molecule has 0 aliphatic carbocycles. The fraction of sp³-hybridized carbons (Fsp3) is 0.360. The number of pyridine rings is 1. The lowest BCUT2D eigenvalue weighted by molar-refractivity contribution is -0.121. The quantitative estimate of drug-likeness (QED) is 0.619. The Hall–Kier alpha value is -3.82. The standard InChI is InChI=1S/C25H25F2N5O3/c26-25(27)8-12-30(13-9-25)23(34)18-14-17-7-11-31(22(17)29-15-18)19-5-3-16(4-6-19)24(35)32-10-1-2-20(32)21(28)33/h3-7,11,14-15,20H,1-2,8-10,12-13H2,(H2,28,33)/t20-/m0/s1. The van der Waals surface area contributed by atoms with Crippen LogP contribution in [0.25, 0.3) is 16.7 Å². The summed E-state index contributed by atoms with van der Waals surface area (Å²) in [5.74, 6) is -3.74. The summed E-state index contributed by atoms with van der Waals surface area (Å²) in [6.45, 7) is 0.544. The van der Waals surface area contributed by atoms with Crippen molar-refractivity contribution in [2.24, 2.45) is 5.73 Å². The zero-order valence-corrected chi connectivity index (χ0v) is 19.0. The number of halogens is 2. The van der Waals surface area contributed by atoms with Gasteiger partial charge in [0.25, 0.3) is 17.7 Å². The number of hydrogen-bond donors (Lipinski definition) is 1. The van der Waals surface area contributed by atoms with Crippen molar-refractivity contribution in [3.63, 3.8) is 0 Å². The average Bonchev–Trinajstić information content (AvgIpc) is 3.50. The van der Waals surface area contributed by atoms with Crippen LogP contribution in [0.2, 0.25) is 0 Å². The molecule has 3 aromatic rings. The number of carbonyl (C=O) groups is 3. The Morgan fingerprint density at radius 2 is 1.69 bits per heavy atom. The maximum atomic E-state index is 13.4. The zero-order valence-electron chi connectivity index (χ0n) is 19.0. The van der Waals surface area contributed by atoms with Crippen molar-refractivity contribution < 1.29 is 23.2 Å². The van der Waals surface area contributed by atoms with Gasteiger partial charge in [-0.2, -0.15) is 0 Å². The van der Waals surface area contributed by atoms with E-state index < -0.39 is 17.9 Å². The maximum Gasteiger partial charge on any atom is 0.255 e. The molecule has 2 aromatic heterocycles. The van der Waals surface area contributed by atoms with Crippen LogP contribution in [0.3, 0.4) is 0 Å². The summed E-state index contributed by atoms with van der Waals surface area (Å²) in [6.07, 6.45) is 3.94. The van der Waals surface area contributed by atoms with E-state index in [0.717, 1.165) is 17.5 Å². The molecule has 0 spiro atoms. The number of nitrogens with two attached hydrogens (primary N) is 1. The highest BCUT2D eigenvalue weighted by Crippen LogP contribution is 2.29. The molecule has 1 atom stereocenters. The lowest BCUT2D eigenvalue weighted by atomic mass is 10.1. The van der Waals surface area contributed by atoms with E-state index in [1.807, 2.05) is 16.8 Å². The molecule has 10 heteroatoms. The predicted molar refractivity (Wildman–Crippen MR) is 124 cm³/mol. The number of benzene rings is 1. The van der Waals surface area contributed by atoms with Crippen molar-refractivity contribution in [2.75, 3.05) is 19.6 Å². The van der Waals surface area contributed by atoms with Crippen LogP contribution >= 0.6 is 0 Å². The Morgan fingerprint density at radius 1 is 0.971 bits per heavy atom. The van der Waals surface area contributed by atoms with Gasteiger partial charge >= 0.3 is 0 Å². The molecule has 3 amide bonds. The van der Waals surface area contributed by atoms with Crippen LogP contribution in [-0.2, 0) is 4.79 Å². The van der Waals surface area contributed by atoms with E-state index >= 15 is 0 Å². The van der Waals surface area contributed by atoms with E-state index in [0.29, 0.717) is 29.7 Å². The number of carbonyl (C=O) groups excluding carboxylic acids is 3. The first-order valence-corrected chi connectivity index (χ1v) is 11.6. The summed E-state index contributed by atoms with van der Waals surface area (Å²) < 4.78 is 28.7. The summed E-state index contributed by atoms with van der Waals surface area (Å²) in [6, 6.07) is 9.94. The molecule has 4 heterocycles. The highest BCUT2D eigenvalue weighted by molar-refractivity contribution is 5.98. The Balaban J connectivity index is 1.34. The Bertz CT molecular complexity index is 1290. The zero-order chi connectivity index (χ0) is 24.7. The van der Waals surface area contributed by atoms with E-state index in [-0.39, 0.29) is 37.7 Å². The molecular formula is C25H25F2N5O3. The molecule has 2 N–H and O–H groups in total. The number of hydrogen-bond acceptors (Lipinski definition) is 4. The number of amides is 3. The van der Waals surface area contributed by atoms with Gasteiger partial charge in [-0.1, -0.05) is 0 Å². The number of rotatable bonds is 4. The van der Waals surface area contributed by atoms with E-state index in [4.69, 9.17) is 5.73 Å². The summed E-state index contributed by atoms with van der Waals surface area (Å²) in [5.41, 5.74) is 7.65. The minimum atomic E-state index is -2.71. The fourth-order valence-corrected chi connectivity index (χ4v) is 4.80. The van der Waals surface area contributed by atoms with Crippen LogP contribution < -0.4 is 5.73 Å². The van der Waals surface area contributed by atoms with Gasteiger partial charge in [0, 0.05) is 61.5 Å². The second-order valence-electron chi connectivity index (χ2n) is 9.08. The molecule has 5 rings (SSSR count). The number of fused-ring (bicyclic) bond motifs is 1. The van der Waals surface area contributed by atoms with Crippen LogP contribution in [-0.4, -0.2) is 68.7 Å². The molecule has 0 unspecified atom stereocenters. The van der Waals surface area contributed by atoms with Crippen LogP contribution in [0.5, 0.6) is 0 Å². The molecule has 2 fully saturated rings. The molecule has 2 aliphatic heterocycles. The third-order valence-corrected chi connectivity index (χ3v) is 6.79. The van der Waals surface area contributed by atoms with E-state index in [2.05, 4.69) is 4.98 Å². The first-order chi connectivity index (χ1) is 16.7.